The Hall–Kier alpha value is -1.97. The molecule has 162 valence electrons. The van der Waals surface area contributed by atoms with Gasteiger partial charge in [0.1, 0.15) is 11.5 Å². The van der Waals surface area contributed by atoms with Crippen LogP contribution in [0.4, 0.5) is 0 Å². The number of benzene rings is 2. The van der Waals surface area contributed by atoms with Gasteiger partial charge in [0.2, 0.25) is 16.6 Å². The zero-order valence-electron chi connectivity index (χ0n) is 20.4. The minimum Gasteiger partial charge on any atom is -0.544 e. The highest BCUT2D eigenvalue weighted by atomic mass is 28.4. The fraction of sp³-hybridized carbons (Fsp3) is 0.462. The zero-order chi connectivity index (χ0) is 22.8. The summed E-state index contributed by atoms with van der Waals surface area (Å²) in [5.74, 6) is 8.37. The largest absolute Gasteiger partial charge is 0.544 e. The Bertz CT molecular complexity index is 918. The third-order valence-electron chi connectivity index (χ3n) is 6.40. The van der Waals surface area contributed by atoms with Gasteiger partial charge in [-0.05, 0) is 78.7 Å². The minimum atomic E-state index is -1.85. The van der Waals surface area contributed by atoms with Crippen LogP contribution in [0.5, 0.6) is 11.5 Å². The maximum atomic E-state index is 6.41. The first-order valence-electron chi connectivity index (χ1n) is 10.7. The molecule has 4 heteroatoms. The van der Waals surface area contributed by atoms with Gasteiger partial charge < -0.3 is 8.85 Å². The Balaban J connectivity index is 2.13. The van der Waals surface area contributed by atoms with Crippen molar-refractivity contribution >= 4 is 16.6 Å². The van der Waals surface area contributed by atoms with Crippen LogP contribution < -0.4 is 8.85 Å². The van der Waals surface area contributed by atoms with E-state index < -0.39 is 16.6 Å². The van der Waals surface area contributed by atoms with Gasteiger partial charge in [-0.25, -0.2) is 0 Å². The van der Waals surface area contributed by atoms with Crippen LogP contribution in [0.1, 0.15) is 52.7 Å². The van der Waals surface area contributed by atoms with Crippen molar-refractivity contribution in [2.24, 2.45) is 0 Å². The molecule has 0 saturated heterocycles. The number of hydrogen-bond donors (Lipinski definition) is 0. The molecule has 0 fully saturated rings. The van der Waals surface area contributed by atoms with Crippen molar-refractivity contribution in [3.05, 3.63) is 59.7 Å². The van der Waals surface area contributed by atoms with Gasteiger partial charge in [0.25, 0.3) is 0 Å². The summed E-state index contributed by atoms with van der Waals surface area (Å²) < 4.78 is 12.8. The van der Waals surface area contributed by atoms with Crippen LogP contribution >= 0.6 is 0 Å². The summed E-state index contributed by atoms with van der Waals surface area (Å²) in [4.78, 5) is 0. The van der Waals surface area contributed by atoms with E-state index in [2.05, 4.69) is 79.6 Å². The molecule has 2 aromatic carbocycles. The maximum absolute atomic E-state index is 6.41. The van der Waals surface area contributed by atoms with Crippen molar-refractivity contribution < 1.29 is 8.85 Å². The summed E-state index contributed by atoms with van der Waals surface area (Å²) in [7, 11) is -3.67. The lowest BCUT2D eigenvalue weighted by atomic mass is 10.2. The molecule has 0 spiro atoms. The first kappa shape index (κ1) is 24.3. The van der Waals surface area contributed by atoms with E-state index in [0.717, 1.165) is 22.6 Å². The van der Waals surface area contributed by atoms with Gasteiger partial charge >= 0.3 is 0 Å². The summed E-state index contributed by atoms with van der Waals surface area (Å²) in [6, 6.07) is 16.2. The van der Waals surface area contributed by atoms with Gasteiger partial charge in [0.15, 0.2) is 0 Å². The molecular weight excluding hydrogens is 400 g/mol. The zero-order valence-corrected chi connectivity index (χ0v) is 22.4. The first-order chi connectivity index (χ1) is 13.6. The Labute approximate surface area is 186 Å². The van der Waals surface area contributed by atoms with Crippen molar-refractivity contribution in [3.8, 4) is 23.3 Å². The Morgan fingerprint density at radius 2 is 1.07 bits per heavy atom. The first-order valence-corrected chi connectivity index (χ1v) is 16.5. The van der Waals surface area contributed by atoms with Crippen molar-refractivity contribution in [1.82, 2.24) is 0 Å². The standard InChI is InChI=1S/C26H38O2Si2/c1-25(2,3)29(7,8)27-23-18-16-21(17-19-23)14-15-22-12-11-13-24(20-22)28-30(9,10)26(4,5)6/h11-13,16-20H,1-10H3. The summed E-state index contributed by atoms with van der Waals surface area (Å²) in [5.41, 5.74) is 1.95. The minimum absolute atomic E-state index is 0.170. The Morgan fingerprint density at radius 3 is 1.57 bits per heavy atom. The molecule has 0 bridgehead atoms. The summed E-state index contributed by atoms with van der Waals surface area (Å²) in [6.07, 6.45) is 0. The molecule has 0 N–H and O–H groups in total. The fourth-order valence-corrected chi connectivity index (χ4v) is 4.34. The van der Waals surface area contributed by atoms with E-state index in [1.54, 1.807) is 0 Å². The molecule has 0 unspecified atom stereocenters. The number of rotatable bonds is 4. The highest BCUT2D eigenvalue weighted by Gasteiger charge is 2.39. The van der Waals surface area contributed by atoms with Crippen LogP contribution in [-0.4, -0.2) is 16.6 Å². The van der Waals surface area contributed by atoms with Crippen LogP contribution in [0.25, 0.3) is 0 Å². The molecule has 0 atom stereocenters. The highest BCUT2D eigenvalue weighted by molar-refractivity contribution is 6.75. The molecule has 0 aliphatic rings. The molecule has 0 amide bonds. The van der Waals surface area contributed by atoms with Gasteiger partial charge in [-0.2, -0.15) is 0 Å². The monoisotopic (exact) mass is 438 g/mol. The van der Waals surface area contributed by atoms with Gasteiger partial charge in [-0.3, -0.25) is 0 Å². The van der Waals surface area contributed by atoms with Crippen LogP contribution in [0.15, 0.2) is 48.5 Å². The lowest BCUT2D eigenvalue weighted by Gasteiger charge is -2.36. The van der Waals surface area contributed by atoms with Crippen molar-refractivity contribution in [2.45, 2.75) is 77.8 Å². The molecule has 0 aromatic heterocycles. The van der Waals surface area contributed by atoms with Crippen molar-refractivity contribution in [2.75, 3.05) is 0 Å². The van der Waals surface area contributed by atoms with Crippen molar-refractivity contribution in [1.29, 1.82) is 0 Å². The van der Waals surface area contributed by atoms with E-state index in [4.69, 9.17) is 8.85 Å². The Kier molecular flexibility index (Phi) is 7.00. The fourth-order valence-electron chi connectivity index (χ4n) is 2.28. The van der Waals surface area contributed by atoms with E-state index in [1.165, 1.54) is 0 Å². The molecular formula is C26H38O2Si2. The van der Waals surface area contributed by atoms with Crippen LogP contribution in [0, 0.1) is 11.8 Å². The van der Waals surface area contributed by atoms with Crippen molar-refractivity contribution in [3.63, 3.8) is 0 Å². The second kappa shape index (κ2) is 8.65. The third-order valence-corrected chi connectivity index (χ3v) is 15.1. The van der Waals surface area contributed by atoms with Gasteiger partial charge in [-0.15, -0.1) is 0 Å². The molecule has 0 saturated carbocycles. The van der Waals surface area contributed by atoms with Gasteiger partial charge in [-0.1, -0.05) is 59.4 Å². The normalized spacial score (nSPS) is 12.7. The SMILES string of the molecule is CC(C)(C)[Si](C)(C)Oc1ccc(C#Cc2cccc(O[Si](C)(C)C(C)(C)C)c2)cc1. The van der Waals surface area contributed by atoms with Crippen LogP contribution in [0.3, 0.4) is 0 Å². The smallest absolute Gasteiger partial charge is 0.250 e. The van der Waals surface area contributed by atoms with E-state index >= 15 is 0 Å². The predicted octanol–water partition coefficient (Wildman–Crippen LogP) is 7.85. The highest BCUT2D eigenvalue weighted by Crippen LogP contribution is 2.38. The molecule has 2 rings (SSSR count). The van der Waals surface area contributed by atoms with Gasteiger partial charge in [0, 0.05) is 11.1 Å². The van der Waals surface area contributed by atoms with Crippen LogP contribution in [-0.2, 0) is 0 Å². The summed E-state index contributed by atoms with van der Waals surface area (Å²) in [5, 5.41) is 0.353. The predicted molar refractivity (Wildman–Crippen MR) is 135 cm³/mol. The summed E-state index contributed by atoms with van der Waals surface area (Å²) >= 11 is 0. The maximum Gasteiger partial charge on any atom is 0.250 e. The summed E-state index contributed by atoms with van der Waals surface area (Å²) in [6.45, 7) is 22.6. The molecule has 0 radical (unpaired) electrons. The van der Waals surface area contributed by atoms with E-state index in [1.807, 2.05) is 48.5 Å². The Morgan fingerprint density at radius 1 is 0.600 bits per heavy atom. The van der Waals surface area contributed by atoms with Gasteiger partial charge in [0.05, 0.1) is 0 Å². The third kappa shape index (κ3) is 6.26. The van der Waals surface area contributed by atoms with E-state index in [-0.39, 0.29) is 10.1 Å². The lowest BCUT2D eigenvalue weighted by molar-refractivity contribution is 0.492. The second-order valence-electron chi connectivity index (χ2n) is 11.0. The molecule has 0 aliphatic heterocycles. The topological polar surface area (TPSA) is 18.5 Å². The quantitative estimate of drug-likeness (QED) is 0.357. The van der Waals surface area contributed by atoms with Crippen LogP contribution in [0.2, 0.25) is 36.3 Å². The average molecular weight is 439 g/mol. The molecule has 2 nitrogen and oxygen atoms in total. The molecule has 0 aliphatic carbocycles. The molecule has 30 heavy (non-hydrogen) atoms. The number of hydrogen-bond acceptors (Lipinski definition) is 2. The van der Waals surface area contributed by atoms with E-state index in [9.17, 15) is 0 Å². The molecule has 0 heterocycles. The second-order valence-corrected chi connectivity index (χ2v) is 20.5. The lowest BCUT2D eigenvalue weighted by Crippen LogP contribution is -2.43. The van der Waals surface area contributed by atoms with E-state index in [0.29, 0.717) is 0 Å². The molecule has 2 aromatic rings. The average Bonchev–Trinajstić information content (AvgIpc) is 2.59.